The van der Waals surface area contributed by atoms with E-state index in [-0.39, 0.29) is 23.5 Å². The minimum atomic E-state index is -6.33. The number of fused-ring (bicyclic) bond motifs is 1. The fourth-order valence-electron chi connectivity index (χ4n) is 2.72. The predicted molar refractivity (Wildman–Crippen MR) is 98.4 cm³/mol. The maximum Gasteiger partial charge on any atom is 0.440 e. The molecule has 0 fully saturated rings. The number of rotatable bonds is 8. The molecule has 2 aromatic rings. The Morgan fingerprint density at radius 3 is 2.71 bits per heavy atom. The number of allylic oxidation sites excluding steroid dienone is 1. The molecular formula is C13H15F2N5O9P2. The SMILES string of the molecule is Nc1nc2c(ncn2[C@@H]2C=C[C@H](OCP(=O)(O)OP(=O)(O)C(F)(F)C(=O)O)C2)c(=O)[nH]1. The summed E-state index contributed by atoms with van der Waals surface area (Å²) >= 11 is 0. The highest BCUT2D eigenvalue weighted by Gasteiger charge is 2.61. The molecular weight excluding hydrogens is 470 g/mol. The molecule has 18 heteroatoms. The van der Waals surface area contributed by atoms with E-state index in [1.807, 2.05) is 0 Å². The zero-order chi connectivity index (χ0) is 23.2. The highest BCUT2D eigenvalue weighted by atomic mass is 31.3. The molecule has 2 unspecified atom stereocenters. The maximum atomic E-state index is 13.2. The number of nitrogens with zero attached hydrogens (tertiary/aromatic N) is 3. The molecule has 0 bridgehead atoms. The lowest BCUT2D eigenvalue weighted by Gasteiger charge is -2.22. The molecule has 0 aromatic carbocycles. The number of carbonyl (C=O) groups is 1. The number of nitrogens with one attached hydrogen (secondary N) is 1. The lowest BCUT2D eigenvalue weighted by Crippen LogP contribution is -2.28. The third-order valence-corrected chi connectivity index (χ3v) is 7.41. The van der Waals surface area contributed by atoms with E-state index in [2.05, 4.69) is 19.3 Å². The van der Waals surface area contributed by atoms with E-state index in [1.54, 1.807) is 6.08 Å². The Kier molecular flexibility index (Phi) is 5.90. The highest BCUT2D eigenvalue weighted by Crippen LogP contribution is 2.67. The fraction of sp³-hybridized carbons (Fsp3) is 0.385. The van der Waals surface area contributed by atoms with Gasteiger partial charge in [-0.15, -0.1) is 0 Å². The van der Waals surface area contributed by atoms with Crippen LogP contribution in [0, 0.1) is 0 Å². The molecule has 31 heavy (non-hydrogen) atoms. The molecule has 0 amide bonds. The number of carboxylic acids is 1. The van der Waals surface area contributed by atoms with Gasteiger partial charge in [0, 0.05) is 6.42 Å². The second kappa shape index (κ2) is 7.89. The number of aliphatic carboxylic acids is 1. The number of alkyl halides is 2. The van der Waals surface area contributed by atoms with E-state index >= 15 is 0 Å². The quantitative estimate of drug-likeness (QED) is 0.256. The van der Waals surface area contributed by atoms with Crippen LogP contribution in [0.15, 0.2) is 23.3 Å². The first-order valence-electron chi connectivity index (χ1n) is 8.23. The maximum absolute atomic E-state index is 13.2. The Labute approximate surface area is 170 Å². The number of aromatic amines is 1. The summed E-state index contributed by atoms with van der Waals surface area (Å²) in [6.45, 7) is 0. The number of aromatic nitrogens is 4. The molecule has 0 spiro atoms. The molecule has 0 aliphatic heterocycles. The number of nitrogen functional groups attached to an aromatic ring is 1. The summed E-state index contributed by atoms with van der Waals surface area (Å²) in [5.41, 5.74) is -0.133. The van der Waals surface area contributed by atoms with E-state index in [0.29, 0.717) is 0 Å². The van der Waals surface area contributed by atoms with Crippen LogP contribution in [0.4, 0.5) is 14.7 Å². The molecule has 2 aromatic heterocycles. The van der Waals surface area contributed by atoms with Gasteiger partial charge in [-0.3, -0.25) is 18.9 Å². The van der Waals surface area contributed by atoms with Gasteiger partial charge >= 0.3 is 26.8 Å². The summed E-state index contributed by atoms with van der Waals surface area (Å²) in [6, 6.07) is -0.469. The van der Waals surface area contributed by atoms with E-state index in [4.69, 9.17) is 20.5 Å². The average molecular weight is 485 g/mol. The molecule has 3 rings (SSSR count). The first-order chi connectivity index (χ1) is 14.2. The smallest absolute Gasteiger partial charge is 0.440 e. The third-order valence-electron chi connectivity index (χ3n) is 4.13. The first-order valence-corrected chi connectivity index (χ1v) is 11.6. The van der Waals surface area contributed by atoms with Crippen molar-refractivity contribution in [2.75, 3.05) is 12.1 Å². The lowest BCUT2D eigenvalue weighted by molar-refractivity contribution is -0.155. The number of ether oxygens (including phenoxy) is 1. The summed E-state index contributed by atoms with van der Waals surface area (Å²) in [5, 5.41) is 8.29. The van der Waals surface area contributed by atoms with Crippen molar-refractivity contribution in [3.05, 3.63) is 28.8 Å². The van der Waals surface area contributed by atoms with Crippen molar-refractivity contribution in [1.29, 1.82) is 0 Å². The summed E-state index contributed by atoms with van der Waals surface area (Å²) in [5.74, 6) is -3.14. The van der Waals surface area contributed by atoms with Crippen molar-refractivity contribution in [2.45, 2.75) is 24.2 Å². The number of hydrogen-bond acceptors (Lipinski definition) is 9. The number of halogens is 2. The number of nitrogens with two attached hydrogens (primary N) is 1. The van der Waals surface area contributed by atoms with Crippen LogP contribution < -0.4 is 11.3 Å². The summed E-state index contributed by atoms with van der Waals surface area (Å²) in [6.07, 6.45) is 2.34. The van der Waals surface area contributed by atoms with Crippen LogP contribution in [-0.2, 0) is 23.0 Å². The summed E-state index contributed by atoms with van der Waals surface area (Å²) < 4.78 is 60.0. The Morgan fingerprint density at radius 1 is 1.39 bits per heavy atom. The van der Waals surface area contributed by atoms with Crippen LogP contribution in [0.1, 0.15) is 12.5 Å². The molecule has 2 heterocycles. The summed E-state index contributed by atoms with van der Waals surface area (Å²) in [4.78, 5) is 51.1. The minimum Gasteiger partial charge on any atom is -0.476 e. The Bertz CT molecular complexity index is 1210. The molecule has 1 aliphatic carbocycles. The van der Waals surface area contributed by atoms with Crippen molar-refractivity contribution in [3.8, 4) is 0 Å². The largest absolute Gasteiger partial charge is 0.476 e. The van der Waals surface area contributed by atoms with Gasteiger partial charge in [0.2, 0.25) is 5.95 Å². The van der Waals surface area contributed by atoms with Crippen molar-refractivity contribution in [3.63, 3.8) is 0 Å². The molecule has 170 valence electrons. The highest BCUT2D eigenvalue weighted by molar-refractivity contribution is 7.67. The number of imidazole rings is 1. The van der Waals surface area contributed by atoms with E-state index < -0.39 is 50.9 Å². The van der Waals surface area contributed by atoms with Gasteiger partial charge in [-0.05, 0) is 0 Å². The normalized spacial score (nSPS) is 23.0. The summed E-state index contributed by atoms with van der Waals surface area (Å²) in [7, 11) is -11.6. The first kappa shape index (κ1) is 23.2. The molecule has 1 aliphatic rings. The van der Waals surface area contributed by atoms with Crippen molar-refractivity contribution >= 4 is 38.3 Å². The van der Waals surface area contributed by atoms with Crippen LogP contribution in [0.25, 0.3) is 11.2 Å². The zero-order valence-electron chi connectivity index (χ0n) is 15.2. The third kappa shape index (κ3) is 4.59. The van der Waals surface area contributed by atoms with Gasteiger partial charge in [0.15, 0.2) is 11.2 Å². The van der Waals surface area contributed by atoms with Gasteiger partial charge in [-0.2, -0.15) is 13.8 Å². The molecule has 4 atom stereocenters. The number of carboxylic acid groups (broad SMARTS) is 1. The minimum absolute atomic E-state index is 0.0262. The second-order valence-electron chi connectivity index (χ2n) is 6.38. The fourth-order valence-corrected chi connectivity index (χ4v) is 5.33. The van der Waals surface area contributed by atoms with E-state index in [0.717, 1.165) is 0 Å². The second-order valence-corrected chi connectivity index (χ2v) is 10.2. The molecule has 0 saturated heterocycles. The van der Waals surface area contributed by atoms with E-state index in [9.17, 15) is 32.4 Å². The monoisotopic (exact) mass is 485 g/mol. The standard InChI is InChI=1S/C13H15F2N5O9P2/c14-13(15,11(22)23)31(26,27)29-30(24,25)5-28-7-2-1-6(3-7)20-4-17-8-9(20)18-12(16)19-10(8)21/h1-2,4,6-7H,3,5H2,(H,22,23)(H,24,25)(H,26,27)(H3,16,18,19,21)/t6-,7+/m1/s1. The lowest BCUT2D eigenvalue weighted by atomic mass is 10.2. The molecule has 6 N–H and O–H groups in total. The zero-order valence-corrected chi connectivity index (χ0v) is 17.0. The van der Waals surface area contributed by atoms with Gasteiger partial charge in [0.1, 0.15) is 6.35 Å². The van der Waals surface area contributed by atoms with Crippen LogP contribution >= 0.6 is 15.2 Å². The van der Waals surface area contributed by atoms with Crippen molar-refractivity contribution in [1.82, 2.24) is 19.5 Å². The number of H-pyrrole nitrogens is 1. The van der Waals surface area contributed by atoms with Crippen molar-refractivity contribution < 1.29 is 46.6 Å². The Hall–Kier alpha value is -2.48. The number of hydrogen-bond donors (Lipinski definition) is 5. The van der Waals surface area contributed by atoms with E-state index in [1.165, 1.54) is 17.0 Å². The van der Waals surface area contributed by atoms with Crippen LogP contribution in [0.2, 0.25) is 0 Å². The van der Waals surface area contributed by atoms with Crippen LogP contribution in [0.3, 0.4) is 0 Å². The Balaban J connectivity index is 1.66. The topological polar surface area (TPSA) is 220 Å². The van der Waals surface area contributed by atoms with Crippen LogP contribution in [0.5, 0.6) is 0 Å². The van der Waals surface area contributed by atoms with Gasteiger partial charge in [-0.25, -0.2) is 14.1 Å². The predicted octanol–water partition coefficient (Wildman–Crippen LogP) is 0.610. The molecule has 14 nitrogen and oxygen atoms in total. The van der Waals surface area contributed by atoms with Gasteiger partial charge in [0.05, 0.1) is 18.5 Å². The Morgan fingerprint density at radius 2 is 2.06 bits per heavy atom. The van der Waals surface area contributed by atoms with Gasteiger partial charge in [0.25, 0.3) is 5.56 Å². The van der Waals surface area contributed by atoms with Gasteiger partial charge < -0.3 is 29.9 Å². The average Bonchev–Trinajstić information content (AvgIpc) is 3.25. The van der Waals surface area contributed by atoms with Crippen LogP contribution in [-0.4, -0.2) is 58.5 Å². The van der Waals surface area contributed by atoms with Gasteiger partial charge in [-0.1, -0.05) is 12.2 Å². The molecule has 0 radical (unpaired) electrons. The van der Waals surface area contributed by atoms with Crippen molar-refractivity contribution in [2.24, 2.45) is 0 Å². The number of anilines is 1. The molecule has 0 saturated carbocycles.